The summed E-state index contributed by atoms with van der Waals surface area (Å²) in [5.41, 5.74) is 4.22. The van der Waals surface area contributed by atoms with Gasteiger partial charge in [0.15, 0.2) is 5.76 Å². The van der Waals surface area contributed by atoms with Gasteiger partial charge in [0.2, 0.25) is 0 Å². The minimum atomic E-state index is -0.286. The van der Waals surface area contributed by atoms with Gasteiger partial charge in [-0.05, 0) is 23.3 Å². The zero-order valence-corrected chi connectivity index (χ0v) is 19.4. The second kappa shape index (κ2) is 12.2. The minimum absolute atomic E-state index is 0.234. The van der Waals surface area contributed by atoms with E-state index in [1.807, 2.05) is 91.0 Å². The molecule has 0 radical (unpaired) electrons. The number of rotatable bonds is 11. The molecular weight excluding hydrogens is 444 g/mol. The van der Waals surface area contributed by atoms with Crippen LogP contribution in [0.2, 0.25) is 0 Å². The molecule has 4 rings (SSSR count). The molecular formula is C28H26N2O5. The molecule has 0 unspecified atom stereocenters. The maximum absolute atomic E-state index is 11.5. The van der Waals surface area contributed by atoms with Crippen LogP contribution in [0.25, 0.3) is 11.3 Å². The van der Waals surface area contributed by atoms with Crippen molar-refractivity contribution in [2.45, 2.75) is 26.1 Å². The molecule has 178 valence electrons. The lowest BCUT2D eigenvalue weighted by molar-refractivity contribution is -0.140. The first-order chi connectivity index (χ1) is 17.2. The van der Waals surface area contributed by atoms with Gasteiger partial charge < -0.3 is 18.8 Å². The number of benzene rings is 3. The summed E-state index contributed by atoms with van der Waals surface area (Å²) in [5.74, 6) is 1.13. The number of methoxy groups -OCH3 is 1. The summed E-state index contributed by atoms with van der Waals surface area (Å²) in [4.78, 5) is 17.1. The van der Waals surface area contributed by atoms with E-state index >= 15 is 0 Å². The molecule has 0 aliphatic heterocycles. The third-order valence-corrected chi connectivity index (χ3v) is 5.23. The zero-order valence-electron chi connectivity index (χ0n) is 19.4. The number of hydrogen-bond donors (Lipinski definition) is 0. The van der Waals surface area contributed by atoms with Gasteiger partial charge in [-0.1, -0.05) is 83.1 Å². The van der Waals surface area contributed by atoms with Crippen LogP contribution in [0.5, 0.6) is 5.75 Å². The Morgan fingerprint density at radius 1 is 0.886 bits per heavy atom. The van der Waals surface area contributed by atoms with E-state index in [1.165, 1.54) is 7.11 Å². The normalized spacial score (nSPS) is 11.2. The van der Waals surface area contributed by atoms with Crippen molar-refractivity contribution < 1.29 is 23.6 Å². The van der Waals surface area contributed by atoms with E-state index in [9.17, 15) is 4.79 Å². The lowest BCUT2D eigenvalue weighted by Gasteiger charge is -2.08. The van der Waals surface area contributed by atoms with Gasteiger partial charge in [0.05, 0.1) is 19.2 Å². The van der Waals surface area contributed by atoms with Gasteiger partial charge >= 0.3 is 5.97 Å². The monoisotopic (exact) mass is 470 g/mol. The molecule has 0 spiro atoms. The first kappa shape index (κ1) is 23.8. The molecule has 0 saturated carbocycles. The van der Waals surface area contributed by atoms with E-state index in [0.717, 1.165) is 16.7 Å². The first-order valence-corrected chi connectivity index (χ1v) is 11.2. The predicted molar refractivity (Wildman–Crippen MR) is 132 cm³/mol. The van der Waals surface area contributed by atoms with Gasteiger partial charge in [-0.3, -0.25) is 4.79 Å². The maximum atomic E-state index is 11.5. The molecule has 0 aliphatic rings. The van der Waals surface area contributed by atoms with Crippen molar-refractivity contribution in [3.8, 4) is 17.1 Å². The number of oxime groups is 1. The molecule has 4 aromatic rings. The number of nitrogens with zero attached hydrogens (tertiary/aromatic N) is 2. The highest BCUT2D eigenvalue weighted by atomic mass is 16.6. The molecule has 7 heteroatoms. The molecule has 3 aromatic carbocycles. The summed E-state index contributed by atoms with van der Waals surface area (Å²) in [5, 5.41) is 8.36. The smallest absolute Gasteiger partial charge is 0.305 e. The third-order valence-electron chi connectivity index (χ3n) is 5.23. The zero-order chi connectivity index (χ0) is 24.3. The van der Waals surface area contributed by atoms with E-state index in [1.54, 1.807) is 0 Å². The molecule has 0 fully saturated rings. The highest BCUT2D eigenvalue weighted by Crippen LogP contribution is 2.21. The van der Waals surface area contributed by atoms with Crippen molar-refractivity contribution in [2.24, 2.45) is 5.16 Å². The first-order valence-electron chi connectivity index (χ1n) is 11.2. The highest BCUT2D eigenvalue weighted by Gasteiger charge is 2.09. The largest absolute Gasteiger partial charge is 0.487 e. The number of carbonyl (C=O) groups is 1. The fourth-order valence-electron chi connectivity index (χ4n) is 3.34. The Balaban J connectivity index is 1.30. The maximum Gasteiger partial charge on any atom is 0.305 e. The molecule has 0 N–H and O–H groups in total. The summed E-state index contributed by atoms with van der Waals surface area (Å²) < 4.78 is 16.0. The van der Waals surface area contributed by atoms with Gasteiger partial charge in [-0.15, -0.1) is 0 Å². The Bertz CT molecular complexity index is 1240. The average molecular weight is 471 g/mol. The molecule has 7 nitrogen and oxygen atoms in total. The minimum Gasteiger partial charge on any atom is -0.487 e. The molecule has 1 aromatic heterocycles. The fourth-order valence-corrected chi connectivity index (χ4v) is 3.34. The van der Waals surface area contributed by atoms with Gasteiger partial charge in [-0.2, -0.15) is 0 Å². The number of esters is 1. The Kier molecular flexibility index (Phi) is 8.27. The summed E-state index contributed by atoms with van der Waals surface area (Å²) >= 11 is 0. The standard InChI is InChI=1S/C28H26N2O5/c1-32-28(31)17-16-26(22-8-4-2-5-9-22)30-34-19-21-12-14-25(15-13-21)33-20-24-18-27(35-29-24)23-10-6-3-7-11-23/h2-15,18H,16-17,19-20H2,1H3/b30-26-. The summed E-state index contributed by atoms with van der Waals surface area (Å²) in [6, 6.07) is 28.9. The van der Waals surface area contributed by atoms with Crippen LogP contribution in [0.1, 0.15) is 29.7 Å². The highest BCUT2D eigenvalue weighted by molar-refractivity contribution is 6.01. The molecule has 35 heavy (non-hydrogen) atoms. The lowest BCUT2D eigenvalue weighted by atomic mass is 10.1. The van der Waals surface area contributed by atoms with Crippen molar-refractivity contribution >= 4 is 11.7 Å². The Labute approximate surface area is 203 Å². The lowest BCUT2D eigenvalue weighted by Crippen LogP contribution is -2.08. The van der Waals surface area contributed by atoms with Crippen LogP contribution in [-0.4, -0.2) is 23.9 Å². The SMILES string of the molecule is COC(=O)CC/C(=N/OCc1ccc(OCc2cc(-c3ccccc3)on2)cc1)c1ccccc1. The van der Waals surface area contributed by atoms with E-state index < -0.39 is 0 Å². The van der Waals surface area contributed by atoms with Crippen LogP contribution in [0.4, 0.5) is 0 Å². The van der Waals surface area contributed by atoms with E-state index in [2.05, 4.69) is 10.3 Å². The Hall–Kier alpha value is -4.39. The average Bonchev–Trinajstić information content (AvgIpc) is 3.40. The van der Waals surface area contributed by atoms with Crippen LogP contribution in [-0.2, 0) is 27.6 Å². The number of ether oxygens (including phenoxy) is 2. The van der Waals surface area contributed by atoms with Crippen LogP contribution in [0.15, 0.2) is 101 Å². The van der Waals surface area contributed by atoms with Crippen LogP contribution in [0.3, 0.4) is 0 Å². The van der Waals surface area contributed by atoms with E-state index in [4.69, 9.17) is 18.8 Å². The molecule has 0 amide bonds. The quantitative estimate of drug-likeness (QED) is 0.157. The van der Waals surface area contributed by atoms with Crippen molar-refractivity contribution in [2.75, 3.05) is 7.11 Å². The van der Waals surface area contributed by atoms with E-state index in [0.29, 0.717) is 42.5 Å². The fraction of sp³-hybridized carbons (Fsp3) is 0.179. The second-order valence-electron chi connectivity index (χ2n) is 7.73. The number of aromatic nitrogens is 1. The second-order valence-corrected chi connectivity index (χ2v) is 7.73. The molecule has 0 aliphatic carbocycles. The van der Waals surface area contributed by atoms with Crippen molar-refractivity contribution in [1.82, 2.24) is 5.16 Å². The summed E-state index contributed by atoms with van der Waals surface area (Å²) in [6.07, 6.45) is 0.662. The van der Waals surface area contributed by atoms with Crippen LogP contribution >= 0.6 is 0 Å². The van der Waals surface area contributed by atoms with Crippen molar-refractivity contribution in [1.29, 1.82) is 0 Å². The Morgan fingerprint density at radius 3 is 2.31 bits per heavy atom. The van der Waals surface area contributed by atoms with Crippen molar-refractivity contribution in [3.05, 3.63) is 108 Å². The molecule has 0 saturated heterocycles. The van der Waals surface area contributed by atoms with Crippen molar-refractivity contribution in [3.63, 3.8) is 0 Å². The van der Waals surface area contributed by atoms with Gasteiger partial charge in [0, 0.05) is 18.1 Å². The Morgan fingerprint density at radius 2 is 1.60 bits per heavy atom. The molecule has 0 atom stereocenters. The van der Waals surface area contributed by atoms with E-state index in [-0.39, 0.29) is 12.4 Å². The summed E-state index contributed by atoms with van der Waals surface area (Å²) in [6.45, 7) is 0.593. The topological polar surface area (TPSA) is 83.2 Å². The number of carbonyl (C=O) groups excluding carboxylic acids is 1. The predicted octanol–water partition coefficient (Wildman–Crippen LogP) is 5.79. The summed E-state index contributed by atoms with van der Waals surface area (Å²) in [7, 11) is 1.37. The van der Waals surface area contributed by atoms with Gasteiger partial charge in [0.25, 0.3) is 0 Å². The third kappa shape index (κ3) is 7.04. The van der Waals surface area contributed by atoms with Crippen LogP contribution in [0, 0.1) is 0 Å². The number of hydrogen-bond acceptors (Lipinski definition) is 7. The van der Waals surface area contributed by atoms with Gasteiger partial charge in [-0.25, -0.2) is 0 Å². The van der Waals surface area contributed by atoms with Crippen LogP contribution < -0.4 is 4.74 Å². The van der Waals surface area contributed by atoms with Gasteiger partial charge in [0.1, 0.15) is 24.7 Å². The molecule has 1 heterocycles. The molecule has 0 bridgehead atoms.